The molecule has 2 aromatic rings. The van der Waals surface area contributed by atoms with E-state index in [2.05, 4.69) is 35.9 Å². The highest BCUT2D eigenvalue weighted by Crippen LogP contribution is 2.26. The fourth-order valence-corrected chi connectivity index (χ4v) is 6.11. The van der Waals surface area contributed by atoms with Crippen LogP contribution in [-0.4, -0.2) is 62.2 Å². The summed E-state index contributed by atoms with van der Waals surface area (Å²) < 4.78 is 28.0. The molecule has 2 aliphatic rings. The molecule has 0 atom stereocenters. The zero-order chi connectivity index (χ0) is 19.6. The number of benzene rings is 1. The van der Waals surface area contributed by atoms with Crippen molar-refractivity contribution < 1.29 is 8.42 Å². The average Bonchev–Trinajstić information content (AvgIpc) is 2.75. The molecule has 28 heavy (non-hydrogen) atoms. The van der Waals surface area contributed by atoms with Gasteiger partial charge in [0.1, 0.15) is 0 Å². The zero-order valence-electron chi connectivity index (χ0n) is 15.7. The van der Waals surface area contributed by atoms with Crippen molar-refractivity contribution in [3.63, 3.8) is 0 Å². The Hall–Kier alpha value is -1.71. The highest BCUT2D eigenvalue weighted by Gasteiger charge is 2.30. The Morgan fingerprint density at radius 3 is 1.89 bits per heavy atom. The number of aromatic nitrogens is 2. The van der Waals surface area contributed by atoms with Crippen molar-refractivity contribution in [1.29, 1.82) is 0 Å². The molecule has 0 amide bonds. The molecule has 1 aromatic carbocycles. The quantitative estimate of drug-likeness (QED) is 0.691. The summed E-state index contributed by atoms with van der Waals surface area (Å²) in [5.74, 6) is 1.73. The third-order valence-electron chi connectivity index (χ3n) is 5.33. The minimum Gasteiger partial charge on any atom is -0.355 e. The Bertz CT molecular complexity index is 908. The van der Waals surface area contributed by atoms with Crippen molar-refractivity contribution in [2.24, 2.45) is 0 Å². The number of sulfonamides is 1. The van der Waals surface area contributed by atoms with Crippen LogP contribution >= 0.6 is 15.9 Å². The zero-order valence-corrected chi connectivity index (χ0v) is 18.1. The molecular formula is C19H24BrN5O2S. The summed E-state index contributed by atoms with van der Waals surface area (Å²) in [5, 5.41) is 8.80. The van der Waals surface area contributed by atoms with Crippen molar-refractivity contribution in [3.05, 3.63) is 40.9 Å². The van der Waals surface area contributed by atoms with E-state index in [0.717, 1.165) is 24.7 Å². The lowest BCUT2D eigenvalue weighted by Crippen LogP contribution is -2.49. The summed E-state index contributed by atoms with van der Waals surface area (Å²) in [6, 6.07) is 11.0. The lowest BCUT2D eigenvalue weighted by molar-refractivity contribution is 0.383. The van der Waals surface area contributed by atoms with Crippen molar-refractivity contribution in [1.82, 2.24) is 14.5 Å². The SMILES string of the molecule is O=S(=O)(c1ccccc1Br)N1CCN(c2ccc(N3CCCCC3)nn2)CC1. The van der Waals surface area contributed by atoms with Gasteiger partial charge in [-0.05, 0) is 59.5 Å². The number of rotatable bonds is 4. The van der Waals surface area contributed by atoms with E-state index >= 15 is 0 Å². The highest BCUT2D eigenvalue weighted by molar-refractivity contribution is 9.10. The predicted octanol–water partition coefficient (Wildman–Crippen LogP) is 2.74. The molecule has 0 spiro atoms. The third-order valence-corrected chi connectivity index (χ3v) is 8.24. The van der Waals surface area contributed by atoms with Gasteiger partial charge in [0.15, 0.2) is 11.6 Å². The molecule has 0 saturated carbocycles. The van der Waals surface area contributed by atoms with E-state index in [1.54, 1.807) is 22.5 Å². The summed E-state index contributed by atoms with van der Waals surface area (Å²) in [4.78, 5) is 4.69. The molecule has 0 unspecified atom stereocenters. The van der Waals surface area contributed by atoms with Crippen LogP contribution in [0.25, 0.3) is 0 Å². The molecule has 150 valence electrons. The Kier molecular flexibility index (Phi) is 5.84. The second-order valence-corrected chi connectivity index (χ2v) is 9.88. The number of hydrogen-bond donors (Lipinski definition) is 0. The van der Waals surface area contributed by atoms with E-state index in [1.807, 2.05) is 18.2 Å². The molecular weight excluding hydrogens is 442 g/mol. The predicted molar refractivity (Wildman–Crippen MR) is 113 cm³/mol. The van der Waals surface area contributed by atoms with Crippen LogP contribution in [-0.2, 0) is 10.0 Å². The largest absolute Gasteiger partial charge is 0.355 e. The standard InChI is InChI=1S/C19H24BrN5O2S/c20-16-6-2-3-7-17(16)28(26,27)25-14-12-24(13-15-25)19-9-8-18(21-22-19)23-10-4-1-5-11-23/h2-3,6-9H,1,4-5,10-15H2. The van der Waals surface area contributed by atoms with Gasteiger partial charge in [-0.25, -0.2) is 8.42 Å². The second-order valence-electron chi connectivity index (χ2n) is 7.12. The molecule has 3 heterocycles. The van der Waals surface area contributed by atoms with Crippen molar-refractivity contribution in [2.75, 3.05) is 49.1 Å². The van der Waals surface area contributed by atoms with Crippen LogP contribution in [0, 0.1) is 0 Å². The summed E-state index contributed by atoms with van der Waals surface area (Å²) in [5.41, 5.74) is 0. The highest BCUT2D eigenvalue weighted by atomic mass is 79.9. The number of piperidine rings is 1. The van der Waals surface area contributed by atoms with E-state index in [9.17, 15) is 8.42 Å². The number of anilines is 2. The van der Waals surface area contributed by atoms with Gasteiger partial charge in [0.2, 0.25) is 10.0 Å². The van der Waals surface area contributed by atoms with Gasteiger partial charge in [0.25, 0.3) is 0 Å². The fourth-order valence-electron chi connectivity index (χ4n) is 3.73. The van der Waals surface area contributed by atoms with E-state index in [0.29, 0.717) is 35.5 Å². The van der Waals surface area contributed by atoms with Crippen molar-refractivity contribution in [2.45, 2.75) is 24.2 Å². The molecule has 1 aromatic heterocycles. The van der Waals surface area contributed by atoms with Gasteiger partial charge in [-0.3, -0.25) is 0 Å². The molecule has 2 fully saturated rings. The maximum atomic E-state index is 12.9. The minimum atomic E-state index is -3.50. The fraction of sp³-hybridized carbons (Fsp3) is 0.474. The first-order valence-corrected chi connectivity index (χ1v) is 11.9. The van der Waals surface area contributed by atoms with Gasteiger partial charge in [0.05, 0.1) is 4.90 Å². The third kappa shape index (κ3) is 4.01. The van der Waals surface area contributed by atoms with Gasteiger partial charge < -0.3 is 9.80 Å². The van der Waals surface area contributed by atoms with Crippen LogP contribution in [0.3, 0.4) is 0 Å². The molecule has 0 radical (unpaired) electrons. The molecule has 0 aliphatic carbocycles. The summed E-state index contributed by atoms with van der Waals surface area (Å²) in [6.07, 6.45) is 3.70. The van der Waals surface area contributed by atoms with E-state index < -0.39 is 10.0 Å². The maximum absolute atomic E-state index is 12.9. The molecule has 0 N–H and O–H groups in total. The van der Waals surface area contributed by atoms with Gasteiger partial charge in [-0.15, -0.1) is 10.2 Å². The summed E-state index contributed by atoms with van der Waals surface area (Å²) >= 11 is 3.35. The molecule has 2 aliphatic heterocycles. The van der Waals surface area contributed by atoms with E-state index in [-0.39, 0.29) is 0 Å². The Morgan fingerprint density at radius 1 is 0.750 bits per heavy atom. The first-order chi connectivity index (χ1) is 13.6. The van der Waals surface area contributed by atoms with Gasteiger partial charge >= 0.3 is 0 Å². The van der Waals surface area contributed by atoms with Crippen LogP contribution in [0.1, 0.15) is 19.3 Å². The smallest absolute Gasteiger partial charge is 0.244 e. The van der Waals surface area contributed by atoms with Crippen LogP contribution < -0.4 is 9.80 Å². The normalized spacial score (nSPS) is 19.0. The lowest BCUT2D eigenvalue weighted by Gasteiger charge is -2.34. The van der Waals surface area contributed by atoms with Gasteiger partial charge in [-0.1, -0.05) is 12.1 Å². The summed E-state index contributed by atoms with van der Waals surface area (Å²) in [6.45, 7) is 4.14. The number of nitrogens with zero attached hydrogens (tertiary/aromatic N) is 5. The minimum absolute atomic E-state index is 0.314. The monoisotopic (exact) mass is 465 g/mol. The number of halogens is 1. The van der Waals surface area contributed by atoms with Crippen LogP contribution in [0.5, 0.6) is 0 Å². The van der Waals surface area contributed by atoms with Crippen molar-refractivity contribution >= 4 is 37.6 Å². The molecule has 9 heteroatoms. The second kappa shape index (κ2) is 8.34. The lowest BCUT2D eigenvalue weighted by atomic mass is 10.1. The number of hydrogen-bond acceptors (Lipinski definition) is 6. The van der Waals surface area contributed by atoms with Crippen LogP contribution in [0.15, 0.2) is 45.8 Å². The Balaban J connectivity index is 1.41. The first kappa shape index (κ1) is 19.6. The molecule has 7 nitrogen and oxygen atoms in total. The average molecular weight is 466 g/mol. The molecule has 2 saturated heterocycles. The van der Waals surface area contributed by atoms with Crippen LogP contribution in [0.4, 0.5) is 11.6 Å². The van der Waals surface area contributed by atoms with Gasteiger partial charge in [0, 0.05) is 43.7 Å². The van der Waals surface area contributed by atoms with Crippen molar-refractivity contribution in [3.8, 4) is 0 Å². The molecule has 0 bridgehead atoms. The van der Waals surface area contributed by atoms with Gasteiger partial charge in [-0.2, -0.15) is 4.31 Å². The Morgan fingerprint density at radius 2 is 1.32 bits per heavy atom. The number of piperazine rings is 1. The maximum Gasteiger partial charge on any atom is 0.244 e. The van der Waals surface area contributed by atoms with E-state index in [1.165, 1.54) is 19.3 Å². The molecule has 4 rings (SSSR count). The first-order valence-electron chi connectivity index (χ1n) is 9.64. The van der Waals surface area contributed by atoms with Crippen LogP contribution in [0.2, 0.25) is 0 Å². The topological polar surface area (TPSA) is 69.6 Å². The Labute approximate surface area is 174 Å². The summed E-state index contributed by atoms with van der Waals surface area (Å²) in [7, 11) is -3.50. The van der Waals surface area contributed by atoms with E-state index in [4.69, 9.17) is 0 Å².